The molecule has 0 fully saturated rings. The van der Waals surface area contributed by atoms with E-state index in [2.05, 4.69) is 17.9 Å². The van der Waals surface area contributed by atoms with Gasteiger partial charge in [0.25, 0.3) is 0 Å². The van der Waals surface area contributed by atoms with Crippen LogP contribution in [0.25, 0.3) is 0 Å². The highest BCUT2D eigenvalue weighted by Crippen LogP contribution is 2.33. The number of rotatable bonds is 8. The SMILES string of the molecule is CC/C=C/C(=C\C=C(/C)Cl)OCCCc1cc(C#N)ccc1C#Cc1ccc(O)cc1C(F)(F)F. The summed E-state index contributed by atoms with van der Waals surface area (Å²) in [5.74, 6) is 5.54. The first kappa shape index (κ1) is 27.6. The molecule has 2 aromatic carbocycles. The van der Waals surface area contributed by atoms with Crippen molar-refractivity contribution in [2.45, 2.75) is 39.3 Å². The lowest BCUT2D eigenvalue weighted by atomic mass is 9.99. The second-order valence-corrected chi connectivity index (χ2v) is 8.14. The highest BCUT2D eigenvalue weighted by Gasteiger charge is 2.33. The summed E-state index contributed by atoms with van der Waals surface area (Å²) >= 11 is 5.88. The van der Waals surface area contributed by atoms with Crippen LogP contribution in [0.4, 0.5) is 13.2 Å². The first-order chi connectivity index (χ1) is 16.6. The summed E-state index contributed by atoms with van der Waals surface area (Å²) < 4.78 is 45.8. The van der Waals surface area contributed by atoms with Crippen LogP contribution < -0.4 is 0 Å². The van der Waals surface area contributed by atoms with Crippen LogP contribution in [0, 0.1) is 23.2 Å². The fourth-order valence-corrected chi connectivity index (χ4v) is 3.10. The molecule has 0 spiro atoms. The molecule has 0 radical (unpaired) electrons. The van der Waals surface area contributed by atoms with Crippen molar-refractivity contribution in [1.82, 2.24) is 0 Å². The maximum atomic E-state index is 13.3. The zero-order chi connectivity index (χ0) is 25.8. The number of benzene rings is 2. The number of halogens is 4. The Hall–Kier alpha value is -3.61. The second kappa shape index (κ2) is 13.3. The molecule has 7 heteroatoms. The maximum Gasteiger partial charge on any atom is 0.417 e. The lowest BCUT2D eigenvalue weighted by Gasteiger charge is -2.10. The number of phenols is 1. The van der Waals surface area contributed by atoms with E-state index in [0.29, 0.717) is 47.4 Å². The smallest absolute Gasteiger partial charge is 0.417 e. The monoisotopic (exact) mass is 499 g/mol. The predicted octanol–water partition coefficient (Wildman–Crippen LogP) is 7.62. The summed E-state index contributed by atoms with van der Waals surface area (Å²) in [7, 11) is 0. The van der Waals surface area contributed by atoms with E-state index in [1.165, 1.54) is 0 Å². The topological polar surface area (TPSA) is 53.2 Å². The molecule has 1 N–H and O–H groups in total. The lowest BCUT2D eigenvalue weighted by molar-refractivity contribution is -0.137. The zero-order valence-corrected chi connectivity index (χ0v) is 20.2. The molecular weight excluding hydrogens is 475 g/mol. The quantitative estimate of drug-likeness (QED) is 0.176. The molecule has 0 bridgehead atoms. The Bertz CT molecular complexity index is 1220. The first-order valence-electron chi connectivity index (χ1n) is 10.9. The van der Waals surface area contributed by atoms with Crippen molar-refractivity contribution in [3.05, 3.63) is 99.3 Å². The number of aromatic hydroxyl groups is 1. The van der Waals surface area contributed by atoms with Crippen LogP contribution in [-0.4, -0.2) is 11.7 Å². The molecule has 182 valence electrons. The van der Waals surface area contributed by atoms with Gasteiger partial charge in [-0.15, -0.1) is 0 Å². The number of nitrogens with zero attached hydrogens (tertiary/aromatic N) is 1. The Kier molecular flexibility index (Phi) is 10.5. The van der Waals surface area contributed by atoms with E-state index < -0.39 is 17.5 Å². The molecule has 0 saturated carbocycles. The zero-order valence-electron chi connectivity index (χ0n) is 19.4. The fraction of sp³-hybridized carbons (Fsp3) is 0.250. The van der Waals surface area contributed by atoms with Gasteiger partial charge in [0, 0.05) is 16.2 Å². The first-order valence-corrected chi connectivity index (χ1v) is 11.3. The molecule has 0 heterocycles. The average Bonchev–Trinajstić information content (AvgIpc) is 2.81. The number of allylic oxidation sites excluding steroid dienone is 5. The highest BCUT2D eigenvalue weighted by molar-refractivity contribution is 6.29. The maximum absolute atomic E-state index is 13.3. The summed E-state index contributed by atoms with van der Waals surface area (Å²) in [6, 6.07) is 9.90. The van der Waals surface area contributed by atoms with Crippen molar-refractivity contribution in [3.63, 3.8) is 0 Å². The Balaban J connectivity index is 2.23. The number of ether oxygens (including phenoxy) is 1. The van der Waals surface area contributed by atoms with Crippen molar-refractivity contribution in [1.29, 1.82) is 5.26 Å². The van der Waals surface area contributed by atoms with E-state index in [-0.39, 0.29) is 5.56 Å². The third-order valence-corrected chi connectivity index (χ3v) is 4.85. The van der Waals surface area contributed by atoms with Gasteiger partial charge in [-0.25, -0.2) is 0 Å². The molecule has 0 aromatic heterocycles. The molecule has 0 atom stereocenters. The summed E-state index contributed by atoms with van der Waals surface area (Å²) in [5, 5.41) is 19.3. The van der Waals surface area contributed by atoms with Gasteiger partial charge in [-0.05, 0) is 86.4 Å². The van der Waals surface area contributed by atoms with Crippen molar-refractivity contribution in [2.75, 3.05) is 6.61 Å². The number of hydrogen-bond acceptors (Lipinski definition) is 3. The standard InChI is InChI=1S/C28H25ClF3NO2/c1-3-4-7-26(15-8-20(2)29)35-16-5-6-24-17-21(19-33)9-10-22(24)11-12-23-13-14-25(34)18-27(23)28(30,31)32/h4,7-10,13-15,17-18,34H,3,5-6,16H2,1-2H3/b7-4+,20-8+,26-15+. The van der Waals surface area contributed by atoms with E-state index in [1.54, 1.807) is 37.3 Å². The molecule has 2 aromatic rings. The van der Waals surface area contributed by atoms with E-state index >= 15 is 0 Å². The third kappa shape index (κ3) is 9.27. The van der Waals surface area contributed by atoms with Gasteiger partial charge in [0.1, 0.15) is 11.5 Å². The van der Waals surface area contributed by atoms with Crippen LogP contribution in [0.3, 0.4) is 0 Å². The summed E-state index contributed by atoms with van der Waals surface area (Å²) in [6.07, 6.45) is 4.64. The molecule has 0 aliphatic carbocycles. The van der Waals surface area contributed by atoms with Crippen LogP contribution >= 0.6 is 11.6 Å². The van der Waals surface area contributed by atoms with E-state index in [9.17, 15) is 23.5 Å². The molecule has 2 rings (SSSR count). The number of aryl methyl sites for hydroxylation is 1. The largest absolute Gasteiger partial charge is 0.508 e. The van der Waals surface area contributed by atoms with Crippen LogP contribution in [0.5, 0.6) is 5.75 Å². The Morgan fingerprint density at radius 2 is 1.83 bits per heavy atom. The van der Waals surface area contributed by atoms with Gasteiger partial charge >= 0.3 is 6.18 Å². The number of hydrogen-bond donors (Lipinski definition) is 1. The Labute approximate surface area is 208 Å². The number of phenolic OH excluding ortho intramolecular Hbond substituents is 1. The van der Waals surface area contributed by atoms with Gasteiger partial charge in [-0.3, -0.25) is 0 Å². The van der Waals surface area contributed by atoms with Crippen molar-refractivity contribution in [3.8, 4) is 23.7 Å². The third-order valence-electron chi connectivity index (χ3n) is 4.73. The number of alkyl halides is 3. The highest BCUT2D eigenvalue weighted by atomic mass is 35.5. The predicted molar refractivity (Wildman–Crippen MR) is 132 cm³/mol. The fourth-order valence-electron chi connectivity index (χ4n) is 3.04. The minimum atomic E-state index is -4.65. The average molecular weight is 500 g/mol. The van der Waals surface area contributed by atoms with Crippen molar-refractivity contribution in [2.24, 2.45) is 0 Å². The van der Waals surface area contributed by atoms with Crippen LogP contribution in [0.15, 0.2) is 71.5 Å². The molecular formula is C28H25ClF3NO2. The van der Waals surface area contributed by atoms with Gasteiger partial charge in [0.2, 0.25) is 0 Å². The Morgan fingerprint density at radius 1 is 1.11 bits per heavy atom. The molecule has 0 amide bonds. The Morgan fingerprint density at radius 3 is 2.49 bits per heavy atom. The van der Waals surface area contributed by atoms with Gasteiger partial charge in [0.05, 0.1) is 23.8 Å². The van der Waals surface area contributed by atoms with Gasteiger partial charge in [-0.2, -0.15) is 18.4 Å². The van der Waals surface area contributed by atoms with Gasteiger partial charge < -0.3 is 9.84 Å². The van der Waals surface area contributed by atoms with Crippen LogP contribution in [-0.2, 0) is 17.3 Å². The van der Waals surface area contributed by atoms with Gasteiger partial charge in [0.15, 0.2) is 0 Å². The summed E-state index contributed by atoms with van der Waals surface area (Å²) in [6.45, 7) is 4.16. The van der Waals surface area contributed by atoms with E-state index in [0.717, 1.165) is 24.1 Å². The van der Waals surface area contributed by atoms with E-state index in [1.807, 2.05) is 19.1 Å². The normalized spacial score (nSPS) is 12.3. The lowest BCUT2D eigenvalue weighted by Crippen LogP contribution is -2.07. The molecule has 0 aliphatic heterocycles. The summed E-state index contributed by atoms with van der Waals surface area (Å²) in [5.41, 5.74) is 0.441. The minimum Gasteiger partial charge on any atom is -0.508 e. The molecule has 0 saturated heterocycles. The molecule has 35 heavy (non-hydrogen) atoms. The molecule has 0 unspecified atom stereocenters. The van der Waals surface area contributed by atoms with Crippen molar-refractivity contribution < 1.29 is 23.0 Å². The molecule has 0 aliphatic rings. The molecule has 3 nitrogen and oxygen atoms in total. The van der Waals surface area contributed by atoms with E-state index in [4.69, 9.17) is 16.3 Å². The minimum absolute atomic E-state index is 0.242. The van der Waals surface area contributed by atoms with Crippen LogP contribution in [0.1, 0.15) is 54.5 Å². The van der Waals surface area contributed by atoms with Crippen molar-refractivity contribution >= 4 is 11.6 Å². The van der Waals surface area contributed by atoms with Gasteiger partial charge in [-0.1, -0.05) is 36.4 Å². The van der Waals surface area contributed by atoms with Crippen LogP contribution in [0.2, 0.25) is 0 Å². The second-order valence-electron chi connectivity index (χ2n) is 7.55. The summed E-state index contributed by atoms with van der Waals surface area (Å²) in [4.78, 5) is 0. The number of nitriles is 1.